The van der Waals surface area contributed by atoms with Crippen LogP contribution in [-0.4, -0.2) is 32.9 Å². The molecule has 16 heavy (non-hydrogen) atoms. The summed E-state index contributed by atoms with van der Waals surface area (Å²) in [4.78, 5) is 0. The maximum atomic E-state index is 5.46. The van der Waals surface area contributed by atoms with Gasteiger partial charge in [-0.2, -0.15) is 0 Å². The molecule has 1 aromatic heterocycles. The minimum absolute atomic E-state index is 0.557. The fraction of sp³-hybridized carbons (Fsp3) is 0.667. The molecule has 2 rings (SSSR count). The third kappa shape index (κ3) is 3.96. The lowest BCUT2D eigenvalue weighted by Gasteiger charge is -2.09. The van der Waals surface area contributed by atoms with Gasteiger partial charge in [-0.25, -0.2) is 0 Å². The van der Waals surface area contributed by atoms with Gasteiger partial charge in [0, 0.05) is 19.7 Å². The van der Waals surface area contributed by atoms with Crippen LogP contribution in [0.5, 0.6) is 0 Å². The quantitative estimate of drug-likeness (QED) is 0.713. The minimum atomic E-state index is 0.557. The van der Waals surface area contributed by atoms with Crippen LogP contribution in [0.4, 0.5) is 0 Å². The Morgan fingerprint density at radius 1 is 1.50 bits per heavy atom. The van der Waals surface area contributed by atoms with Crippen molar-refractivity contribution in [2.24, 2.45) is 5.92 Å². The fourth-order valence-electron chi connectivity index (χ4n) is 1.76. The lowest BCUT2D eigenvalue weighted by molar-refractivity contribution is 0.107. The predicted octanol–water partition coefficient (Wildman–Crippen LogP) is 1.42. The molecule has 4 heteroatoms. The van der Waals surface area contributed by atoms with E-state index in [-0.39, 0.29) is 0 Å². The predicted molar refractivity (Wildman–Crippen MR) is 60.2 cm³/mol. The van der Waals surface area contributed by atoms with E-state index >= 15 is 0 Å². The van der Waals surface area contributed by atoms with Crippen LogP contribution < -0.4 is 5.32 Å². The van der Waals surface area contributed by atoms with Crippen molar-refractivity contribution in [3.8, 4) is 0 Å². The van der Waals surface area contributed by atoms with Gasteiger partial charge < -0.3 is 19.2 Å². The van der Waals surface area contributed by atoms with Gasteiger partial charge in [-0.05, 0) is 24.5 Å². The van der Waals surface area contributed by atoms with Gasteiger partial charge in [-0.3, -0.25) is 0 Å². The summed E-state index contributed by atoms with van der Waals surface area (Å²) < 4.78 is 15.9. The molecule has 1 N–H and O–H groups in total. The molecule has 1 aromatic rings. The van der Waals surface area contributed by atoms with Gasteiger partial charge in [0.05, 0.1) is 19.5 Å². The maximum Gasteiger partial charge on any atom is 0.129 e. The first kappa shape index (κ1) is 11.6. The Hall–Kier alpha value is -0.840. The summed E-state index contributed by atoms with van der Waals surface area (Å²) in [6, 6.07) is 3.79. The second-order valence-electron chi connectivity index (χ2n) is 4.07. The first-order valence-electron chi connectivity index (χ1n) is 5.84. The van der Waals surface area contributed by atoms with Crippen LogP contribution in [0.15, 0.2) is 22.8 Å². The van der Waals surface area contributed by atoms with E-state index in [0.717, 1.165) is 32.1 Å². The maximum absolute atomic E-state index is 5.46. The van der Waals surface area contributed by atoms with Gasteiger partial charge >= 0.3 is 0 Å². The topological polar surface area (TPSA) is 43.6 Å². The molecule has 90 valence electrons. The summed E-state index contributed by atoms with van der Waals surface area (Å²) in [5, 5.41) is 3.37. The van der Waals surface area contributed by atoms with E-state index in [4.69, 9.17) is 13.9 Å². The Balaban J connectivity index is 1.43. The highest BCUT2D eigenvalue weighted by molar-refractivity contribution is 4.95. The van der Waals surface area contributed by atoms with E-state index < -0.39 is 0 Å². The zero-order valence-corrected chi connectivity index (χ0v) is 9.48. The number of hydrogen-bond acceptors (Lipinski definition) is 4. The average molecular weight is 225 g/mol. The highest BCUT2D eigenvalue weighted by Crippen LogP contribution is 2.10. The number of furan rings is 1. The summed E-state index contributed by atoms with van der Waals surface area (Å²) in [6.45, 7) is 5.01. The molecule has 2 heterocycles. The molecule has 0 saturated carbocycles. The molecule has 1 unspecified atom stereocenters. The van der Waals surface area contributed by atoms with E-state index in [0.29, 0.717) is 19.1 Å². The molecular formula is C12H19NO3. The van der Waals surface area contributed by atoms with Crippen molar-refractivity contribution in [1.82, 2.24) is 5.32 Å². The number of rotatable bonds is 7. The number of nitrogens with one attached hydrogen (secondary N) is 1. The fourth-order valence-corrected chi connectivity index (χ4v) is 1.76. The molecule has 1 aliphatic rings. The number of ether oxygens (including phenoxy) is 2. The van der Waals surface area contributed by atoms with Gasteiger partial charge in [-0.1, -0.05) is 0 Å². The monoisotopic (exact) mass is 225 g/mol. The lowest BCUT2D eigenvalue weighted by atomic mass is 10.1. The second-order valence-corrected chi connectivity index (χ2v) is 4.07. The molecule has 0 bridgehead atoms. The van der Waals surface area contributed by atoms with Crippen molar-refractivity contribution in [2.45, 2.75) is 13.0 Å². The van der Waals surface area contributed by atoms with Gasteiger partial charge in [0.15, 0.2) is 0 Å². The van der Waals surface area contributed by atoms with Gasteiger partial charge in [-0.15, -0.1) is 0 Å². The van der Waals surface area contributed by atoms with Gasteiger partial charge in [0.25, 0.3) is 0 Å². The van der Waals surface area contributed by atoms with E-state index in [9.17, 15) is 0 Å². The van der Waals surface area contributed by atoms with E-state index in [1.807, 2.05) is 12.1 Å². The van der Waals surface area contributed by atoms with Crippen molar-refractivity contribution in [2.75, 3.05) is 32.9 Å². The zero-order valence-electron chi connectivity index (χ0n) is 9.48. The Kier molecular flexibility index (Phi) is 4.86. The SMILES string of the molecule is c1coc(COCCNCC2CCOC2)c1. The van der Waals surface area contributed by atoms with Crippen LogP contribution in [0, 0.1) is 5.92 Å². The third-order valence-corrected chi connectivity index (χ3v) is 2.70. The molecule has 1 aliphatic heterocycles. The summed E-state index contributed by atoms with van der Waals surface area (Å²) in [7, 11) is 0. The zero-order chi connectivity index (χ0) is 11.1. The molecule has 0 aromatic carbocycles. The molecule has 1 fully saturated rings. The molecular weight excluding hydrogens is 206 g/mol. The number of hydrogen-bond donors (Lipinski definition) is 1. The summed E-state index contributed by atoms with van der Waals surface area (Å²) in [6.07, 6.45) is 2.84. The minimum Gasteiger partial charge on any atom is -0.467 e. The van der Waals surface area contributed by atoms with Gasteiger partial charge in [0.2, 0.25) is 0 Å². The smallest absolute Gasteiger partial charge is 0.129 e. The Morgan fingerprint density at radius 2 is 2.50 bits per heavy atom. The first-order valence-corrected chi connectivity index (χ1v) is 5.84. The normalized spacial score (nSPS) is 20.4. The van der Waals surface area contributed by atoms with Crippen LogP contribution in [-0.2, 0) is 16.1 Å². The van der Waals surface area contributed by atoms with Gasteiger partial charge in [0.1, 0.15) is 12.4 Å². The first-order chi connectivity index (χ1) is 7.95. The Bertz CT molecular complexity index is 268. The van der Waals surface area contributed by atoms with Crippen LogP contribution in [0.25, 0.3) is 0 Å². The summed E-state index contributed by atoms with van der Waals surface area (Å²) in [5.74, 6) is 1.56. The van der Waals surface area contributed by atoms with E-state index in [1.54, 1.807) is 6.26 Å². The summed E-state index contributed by atoms with van der Waals surface area (Å²) >= 11 is 0. The van der Waals surface area contributed by atoms with Crippen LogP contribution >= 0.6 is 0 Å². The molecule has 0 radical (unpaired) electrons. The average Bonchev–Trinajstić information content (AvgIpc) is 2.96. The molecule has 0 spiro atoms. The van der Waals surface area contributed by atoms with E-state index in [1.165, 1.54) is 6.42 Å². The second kappa shape index (κ2) is 6.68. The summed E-state index contributed by atoms with van der Waals surface area (Å²) in [5.41, 5.74) is 0. The molecule has 1 atom stereocenters. The molecule has 4 nitrogen and oxygen atoms in total. The van der Waals surface area contributed by atoms with Crippen molar-refractivity contribution in [3.05, 3.63) is 24.2 Å². The van der Waals surface area contributed by atoms with Crippen LogP contribution in [0.2, 0.25) is 0 Å². The van der Waals surface area contributed by atoms with Crippen LogP contribution in [0.1, 0.15) is 12.2 Å². The van der Waals surface area contributed by atoms with Crippen LogP contribution in [0.3, 0.4) is 0 Å². The Labute approximate surface area is 95.9 Å². The van der Waals surface area contributed by atoms with Crippen molar-refractivity contribution >= 4 is 0 Å². The van der Waals surface area contributed by atoms with E-state index in [2.05, 4.69) is 5.32 Å². The molecule has 0 amide bonds. The van der Waals surface area contributed by atoms with Crippen molar-refractivity contribution in [3.63, 3.8) is 0 Å². The highest BCUT2D eigenvalue weighted by atomic mass is 16.5. The third-order valence-electron chi connectivity index (χ3n) is 2.70. The largest absolute Gasteiger partial charge is 0.467 e. The van der Waals surface area contributed by atoms with Crippen molar-refractivity contribution < 1.29 is 13.9 Å². The lowest BCUT2D eigenvalue weighted by Crippen LogP contribution is -2.26. The molecule has 1 saturated heterocycles. The highest BCUT2D eigenvalue weighted by Gasteiger charge is 2.14. The molecule has 0 aliphatic carbocycles. The Morgan fingerprint density at radius 3 is 3.25 bits per heavy atom. The van der Waals surface area contributed by atoms with Crippen molar-refractivity contribution in [1.29, 1.82) is 0 Å². The standard InChI is InChI=1S/C12H19NO3/c1-2-12(16-5-1)10-15-7-4-13-8-11-3-6-14-9-11/h1-2,5,11,13H,3-4,6-10H2.